The van der Waals surface area contributed by atoms with Gasteiger partial charge in [-0.25, -0.2) is 8.42 Å². The number of aromatic nitrogens is 1. The van der Waals surface area contributed by atoms with E-state index in [4.69, 9.17) is 11.6 Å². The van der Waals surface area contributed by atoms with Crippen LogP contribution in [0.5, 0.6) is 0 Å². The number of carbonyl (C=O) groups is 1. The van der Waals surface area contributed by atoms with Crippen LogP contribution in [0, 0.1) is 13.8 Å². The van der Waals surface area contributed by atoms with Crippen LogP contribution in [0.4, 0.5) is 0 Å². The summed E-state index contributed by atoms with van der Waals surface area (Å²) in [4.78, 5) is 16.2. The highest BCUT2D eigenvalue weighted by Crippen LogP contribution is 2.32. The molecule has 0 amide bonds. The lowest BCUT2D eigenvalue weighted by Gasteiger charge is -2.16. The third kappa shape index (κ3) is 4.03. The fourth-order valence-corrected chi connectivity index (χ4v) is 4.25. The van der Waals surface area contributed by atoms with Crippen LogP contribution in [-0.4, -0.2) is 30.7 Å². The van der Waals surface area contributed by atoms with Crippen molar-refractivity contribution in [2.75, 3.05) is 6.26 Å². The van der Waals surface area contributed by atoms with E-state index in [9.17, 15) is 18.3 Å². The molecule has 28 heavy (non-hydrogen) atoms. The van der Waals surface area contributed by atoms with Gasteiger partial charge in [-0.1, -0.05) is 29.8 Å². The molecule has 0 unspecified atom stereocenters. The SMILES string of the molecule is Cc1nc2c(Cl)ccc(CC(=O)O)c2c(C)c1Cc1ccc(S(C)(=O)=O)cc1. The van der Waals surface area contributed by atoms with Crippen LogP contribution in [0.25, 0.3) is 10.9 Å². The minimum Gasteiger partial charge on any atom is -0.481 e. The number of halogens is 1. The van der Waals surface area contributed by atoms with E-state index >= 15 is 0 Å². The Bertz CT molecular complexity index is 1190. The van der Waals surface area contributed by atoms with Crippen molar-refractivity contribution in [2.45, 2.75) is 31.6 Å². The molecule has 1 aromatic heterocycles. The fourth-order valence-electron chi connectivity index (χ4n) is 3.42. The van der Waals surface area contributed by atoms with Crippen molar-refractivity contribution in [3.05, 3.63) is 69.4 Å². The number of carboxylic acids is 1. The molecule has 0 aliphatic carbocycles. The highest BCUT2D eigenvalue weighted by atomic mass is 35.5. The quantitative estimate of drug-likeness (QED) is 0.674. The Kier molecular flexibility index (Phi) is 5.46. The summed E-state index contributed by atoms with van der Waals surface area (Å²) in [6.45, 7) is 3.84. The largest absolute Gasteiger partial charge is 0.481 e. The van der Waals surface area contributed by atoms with Gasteiger partial charge in [0.2, 0.25) is 0 Å². The zero-order valence-electron chi connectivity index (χ0n) is 15.8. The lowest BCUT2D eigenvalue weighted by Crippen LogP contribution is -2.06. The van der Waals surface area contributed by atoms with E-state index in [0.29, 0.717) is 22.5 Å². The maximum absolute atomic E-state index is 11.6. The van der Waals surface area contributed by atoms with Gasteiger partial charge in [-0.05, 0) is 60.7 Å². The number of rotatable bonds is 5. The molecule has 1 heterocycles. The van der Waals surface area contributed by atoms with E-state index in [2.05, 4.69) is 4.98 Å². The Labute approximate surface area is 168 Å². The van der Waals surface area contributed by atoms with Crippen molar-refractivity contribution in [2.24, 2.45) is 0 Å². The average Bonchev–Trinajstić information content (AvgIpc) is 2.60. The van der Waals surface area contributed by atoms with Gasteiger partial charge in [-0.15, -0.1) is 0 Å². The van der Waals surface area contributed by atoms with E-state index in [0.717, 1.165) is 27.8 Å². The number of pyridine rings is 1. The Morgan fingerprint density at radius 3 is 2.32 bits per heavy atom. The van der Waals surface area contributed by atoms with Gasteiger partial charge in [0.1, 0.15) is 0 Å². The summed E-state index contributed by atoms with van der Waals surface area (Å²) in [6.07, 6.45) is 1.63. The van der Waals surface area contributed by atoms with Crippen molar-refractivity contribution in [3.63, 3.8) is 0 Å². The standard InChI is InChI=1S/C21H20ClNO4S/c1-12-17(10-14-4-7-16(8-5-14)28(3,26)27)13(2)23-21-18(22)9-6-15(20(12)21)11-19(24)25/h4-9H,10-11H2,1-3H3,(H,24,25). The first-order chi connectivity index (χ1) is 13.1. The van der Waals surface area contributed by atoms with Crippen LogP contribution in [0.15, 0.2) is 41.3 Å². The van der Waals surface area contributed by atoms with Gasteiger partial charge in [0.05, 0.1) is 21.9 Å². The number of sulfone groups is 1. The first-order valence-electron chi connectivity index (χ1n) is 8.66. The van der Waals surface area contributed by atoms with Crippen LogP contribution in [0.2, 0.25) is 5.02 Å². The van der Waals surface area contributed by atoms with Crippen molar-refractivity contribution < 1.29 is 18.3 Å². The fraction of sp³-hybridized carbons (Fsp3) is 0.238. The molecule has 2 aromatic carbocycles. The maximum atomic E-state index is 11.6. The minimum atomic E-state index is -3.24. The van der Waals surface area contributed by atoms with Crippen molar-refractivity contribution in [1.82, 2.24) is 4.98 Å². The number of aliphatic carboxylic acids is 1. The van der Waals surface area contributed by atoms with E-state index < -0.39 is 15.8 Å². The first kappa shape index (κ1) is 20.3. The Morgan fingerprint density at radius 1 is 1.11 bits per heavy atom. The molecule has 0 radical (unpaired) electrons. The highest BCUT2D eigenvalue weighted by Gasteiger charge is 2.17. The Balaban J connectivity index is 2.12. The molecule has 0 atom stereocenters. The van der Waals surface area contributed by atoms with E-state index in [1.54, 1.807) is 36.4 Å². The predicted molar refractivity (Wildman–Crippen MR) is 110 cm³/mol. The Hall–Kier alpha value is -2.44. The van der Waals surface area contributed by atoms with Crippen LogP contribution in [0.3, 0.4) is 0 Å². The molecule has 5 nitrogen and oxygen atoms in total. The number of hydrogen-bond acceptors (Lipinski definition) is 4. The molecule has 0 aliphatic rings. The molecule has 7 heteroatoms. The number of fused-ring (bicyclic) bond motifs is 1. The van der Waals surface area contributed by atoms with Crippen LogP contribution in [0.1, 0.15) is 27.9 Å². The summed E-state index contributed by atoms with van der Waals surface area (Å²) in [7, 11) is -3.24. The van der Waals surface area contributed by atoms with Gasteiger partial charge in [0.25, 0.3) is 0 Å². The van der Waals surface area contributed by atoms with Crippen molar-refractivity contribution in [3.8, 4) is 0 Å². The average molecular weight is 418 g/mol. The summed E-state index contributed by atoms with van der Waals surface area (Å²) in [5.41, 5.74) is 4.95. The van der Waals surface area contributed by atoms with E-state index in [-0.39, 0.29) is 11.3 Å². The molecular formula is C21H20ClNO4S. The van der Waals surface area contributed by atoms with Gasteiger partial charge in [0, 0.05) is 17.3 Å². The molecule has 0 bridgehead atoms. The van der Waals surface area contributed by atoms with Gasteiger partial charge < -0.3 is 5.11 Å². The summed E-state index contributed by atoms with van der Waals surface area (Å²) < 4.78 is 23.3. The van der Waals surface area contributed by atoms with Crippen LogP contribution >= 0.6 is 11.6 Å². The van der Waals surface area contributed by atoms with Gasteiger partial charge in [-0.2, -0.15) is 0 Å². The smallest absolute Gasteiger partial charge is 0.307 e. The van der Waals surface area contributed by atoms with Gasteiger partial charge in [-0.3, -0.25) is 9.78 Å². The van der Waals surface area contributed by atoms with Crippen molar-refractivity contribution >= 4 is 38.3 Å². The van der Waals surface area contributed by atoms with Crippen molar-refractivity contribution in [1.29, 1.82) is 0 Å². The number of aryl methyl sites for hydroxylation is 2. The molecule has 0 saturated heterocycles. The van der Waals surface area contributed by atoms with Crippen LogP contribution in [-0.2, 0) is 27.5 Å². The highest BCUT2D eigenvalue weighted by molar-refractivity contribution is 7.90. The van der Waals surface area contributed by atoms with Gasteiger partial charge >= 0.3 is 5.97 Å². The second-order valence-corrected chi connectivity index (χ2v) is 9.32. The molecule has 0 spiro atoms. The molecule has 0 fully saturated rings. The number of nitrogens with zero attached hydrogens (tertiary/aromatic N) is 1. The molecule has 146 valence electrons. The predicted octanol–water partition coefficient (Wildman–Crippen LogP) is 4.13. The second-order valence-electron chi connectivity index (χ2n) is 6.89. The van der Waals surface area contributed by atoms with Crippen LogP contribution < -0.4 is 0 Å². The number of benzene rings is 2. The second kappa shape index (κ2) is 7.53. The molecule has 0 saturated carbocycles. The van der Waals surface area contributed by atoms with E-state index in [1.807, 2.05) is 13.8 Å². The summed E-state index contributed by atoms with van der Waals surface area (Å²) in [5.74, 6) is -0.915. The summed E-state index contributed by atoms with van der Waals surface area (Å²) in [5, 5.41) is 10.5. The molecular weight excluding hydrogens is 398 g/mol. The van der Waals surface area contributed by atoms with E-state index in [1.165, 1.54) is 6.26 Å². The molecule has 0 aliphatic heterocycles. The number of hydrogen-bond donors (Lipinski definition) is 1. The monoisotopic (exact) mass is 417 g/mol. The molecule has 3 aromatic rings. The zero-order chi connectivity index (χ0) is 20.6. The zero-order valence-corrected chi connectivity index (χ0v) is 17.4. The summed E-state index contributed by atoms with van der Waals surface area (Å²) >= 11 is 6.32. The first-order valence-corrected chi connectivity index (χ1v) is 10.9. The topological polar surface area (TPSA) is 84.3 Å². The minimum absolute atomic E-state index is 0.109. The third-order valence-electron chi connectivity index (χ3n) is 4.83. The summed E-state index contributed by atoms with van der Waals surface area (Å²) in [6, 6.07) is 10.2. The normalized spacial score (nSPS) is 11.7. The lowest BCUT2D eigenvalue weighted by atomic mass is 9.93. The Morgan fingerprint density at radius 2 is 1.75 bits per heavy atom. The molecule has 3 rings (SSSR count). The lowest BCUT2D eigenvalue weighted by molar-refractivity contribution is -0.136. The van der Waals surface area contributed by atoms with Gasteiger partial charge in [0.15, 0.2) is 9.84 Å². The number of carboxylic acid groups (broad SMARTS) is 1. The third-order valence-corrected chi connectivity index (χ3v) is 6.27. The molecule has 1 N–H and O–H groups in total. The maximum Gasteiger partial charge on any atom is 0.307 e.